The van der Waals surface area contributed by atoms with E-state index in [1.165, 1.54) is 18.2 Å². The molecule has 0 radical (unpaired) electrons. The topological polar surface area (TPSA) is 72.6 Å². The molecule has 0 saturated heterocycles. The van der Waals surface area contributed by atoms with E-state index in [1.807, 2.05) is 37.3 Å². The maximum absolute atomic E-state index is 11.5. The van der Waals surface area contributed by atoms with Crippen molar-refractivity contribution >= 4 is 11.1 Å². The molecule has 0 amide bonds. The number of aromatic hydroxyl groups is 1. The Morgan fingerprint density at radius 2 is 1.92 bits per heavy atom. The highest BCUT2D eigenvalue weighted by atomic mass is 16.5. The summed E-state index contributed by atoms with van der Waals surface area (Å²) in [6, 6.07) is 15.6. The number of hydrogen-bond acceptors (Lipinski definition) is 5. The smallest absolute Gasteiger partial charge is 0.182 e. The van der Waals surface area contributed by atoms with Crippen molar-refractivity contribution in [3.05, 3.63) is 75.9 Å². The Balaban J connectivity index is 1.80. The first-order chi connectivity index (χ1) is 12.1. The molecule has 0 spiro atoms. The third-order valence-electron chi connectivity index (χ3n) is 4.04. The first kappa shape index (κ1) is 15.2. The zero-order valence-corrected chi connectivity index (χ0v) is 13.5. The van der Waals surface area contributed by atoms with Gasteiger partial charge in [0.05, 0.1) is 0 Å². The number of rotatable bonds is 3. The van der Waals surface area contributed by atoms with Gasteiger partial charge in [0, 0.05) is 17.7 Å². The Morgan fingerprint density at radius 1 is 1.12 bits per heavy atom. The molecule has 0 unspecified atom stereocenters. The molecule has 2 aromatic rings. The molecule has 5 heteroatoms. The van der Waals surface area contributed by atoms with Crippen LogP contribution in [0.25, 0.3) is 22.6 Å². The maximum Gasteiger partial charge on any atom is 0.182 e. The monoisotopic (exact) mass is 333 g/mol. The third kappa shape index (κ3) is 2.80. The van der Waals surface area contributed by atoms with Gasteiger partial charge in [0.15, 0.2) is 28.3 Å². The van der Waals surface area contributed by atoms with Crippen LogP contribution in [0.2, 0.25) is 0 Å². The van der Waals surface area contributed by atoms with Crippen LogP contribution >= 0.6 is 0 Å². The lowest BCUT2D eigenvalue weighted by atomic mass is 10.1. The minimum atomic E-state index is -0.152. The molecular formula is C20H15NO4. The number of aryl methyl sites for hydroxylation is 1. The first-order valence-electron chi connectivity index (χ1n) is 7.86. The van der Waals surface area contributed by atoms with Gasteiger partial charge in [0.1, 0.15) is 17.8 Å². The summed E-state index contributed by atoms with van der Waals surface area (Å²) in [6.45, 7) is 2.16. The van der Waals surface area contributed by atoms with Gasteiger partial charge < -0.3 is 14.3 Å². The largest absolute Gasteiger partial charge is 0.504 e. The molecule has 4 rings (SSSR count). The fourth-order valence-corrected chi connectivity index (χ4v) is 2.78. The molecule has 0 fully saturated rings. The number of hydrogen-bond donors (Lipinski definition) is 1. The SMILES string of the molecule is Cc1c(OCc2ccccc2)c(O)cc2oc3cc(=O)ccc-3nc12. The van der Waals surface area contributed by atoms with Crippen molar-refractivity contribution in [2.75, 3.05) is 0 Å². The summed E-state index contributed by atoms with van der Waals surface area (Å²) >= 11 is 0. The van der Waals surface area contributed by atoms with Crippen LogP contribution in [-0.2, 0) is 6.61 Å². The van der Waals surface area contributed by atoms with Gasteiger partial charge in [-0.2, -0.15) is 0 Å². The first-order valence-corrected chi connectivity index (χ1v) is 7.86. The summed E-state index contributed by atoms with van der Waals surface area (Å²) in [5.41, 5.74) is 3.10. The van der Waals surface area contributed by atoms with Gasteiger partial charge in [0.25, 0.3) is 0 Å². The summed E-state index contributed by atoms with van der Waals surface area (Å²) in [4.78, 5) is 16.0. The minimum Gasteiger partial charge on any atom is -0.504 e. The van der Waals surface area contributed by atoms with E-state index in [0.717, 1.165) is 5.56 Å². The molecule has 1 aliphatic carbocycles. The second kappa shape index (κ2) is 5.94. The van der Waals surface area contributed by atoms with Crippen molar-refractivity contribution in [2.24, 2.45) is 0 Å². The summed E-state index contributed by atoms with van der Waals surface area (Å²) in [5.74, 6) is 0.736. The van der Waals surface area contributed by atoms with Gasteiger partial charge in [-0.25, -0.2) is 4.98 Å². The van der Waals surface area contributed by atoms with Gasteiger partial charge >= 0.3 is 0 Å². The number of phenols is 1. The molecule has 25 heavy (non-hydrogen) atoms. The zero-order valence-electron chi connectivity index (χ0n) is 13.5. The highest BCUT2D eigenvalue weighted by Crippen LogP contribution is 2.37. The van der Waals surface area contributed by atoms with Crippen molar-refractivity contribution in [3.8, 4) is 23.0 Å². The van der Waals surface area contributed by atoms with E-state index in [4.69, 9.17) is 9.15 Å². The lowest BCUT2D eigenvalue weighted by Gasteiger charge is -2.14. The lowest BCUT2D eigenvalue weighted by Crippen LogP contribution is -2.01. The van der Waals surface area contributed by atoms with Gasteiger partial charge in [-0.15, -0.1) is 0 Å². The number of fused-ring (bicyclic) bond motifs is 2. The van der Waals surface area contributed by atoms with E-state index in [1.54, 1.807) is 6.07 Å². The van der Waals surface area contributed by atoms with Crippen molar-refractivity contribution < 1.29 is 14.3 Å². The molecule has 0 aromatic heterocycles. The predicted octanol–water partition coefficient (Wildman–Crippen LogP) is 3.89. The molecule has 2 aromatic carbocycles. The molecule has 5 nitrogen and oxygen atoms in total. The van der Waals surface area contributed by atoms with Crippen LogP contribution < -0.4 is 10.2 Å². The molecule has 0 atom stereocenters. The predicted molar refractivity (Wildman–Crippen MR) is 94.1 cm³/mol. The number of ether oxygens (including phenoxy) is 1. The van der Waals surface area contributed by atoms with Crippen LogP contribution in [0.1, 0.15) is 11.1 Å². The molecule has 124 valence electrons. The highest BCUT2D eigenvalue weighted by Gasteiger charge is 2.17. The molecule has 0 bridgehead atoms. The second-order valence-electron chi connectivity index (χ2n) is 5.81. The lowest BCUT2D eigenvalue weighted by molar-refractivity contribution is 0.287. The Bertz CT molecular complexity index is 1090. The van der Waals surface area contributed by atoms with Crippen LogP contribution in [0.3, 0.4) is 0 Å². The van der Waals surface area contributed by atoms with E-state index in [0.29, 0.717) is 40.5 Å². The summed E-state index contributed by atoms with van der Waals surface area (Å²) in [6.07, 6.45) is 0. The second-order valence-corrected chi connectivity index (χ2v) is 5.81. The van der Waals surface area contributed by atoms with Crippen LogP contribution in [-0.4, -0.2) is 10.1 Å². The van der Waals surface area contributed by atoms with Gasteiger partial charge in [-0.05, 0) is 24.6 Å². The van der Waals surface area contributed by atoms with Gasteiger partial charge in [-0.1, -0.05) is 30.3 Å². The van der Waals surface area contributed by atoms with Crippen LogP contribution in [0.4, 0.5) is 0 Å². The molecule has 2 aliphatic rings. The Kier molecular flexibility index (Phi) is 3.61. The fourth-order valence-electron chi connectivity index (χ4n) is 2.78. The normalized spacial score (nSPS) is 11.1. The van der Waals surface area contributed by atoms with Crippen molar-refractivity contribution in [1.82, 2.24) is 4.98 Å². The van der Waals surface area contributed by atoms with E-state index in [9.17, 15) is 9.90 Å². The summed E-state index contributed by atoms with van der Waals surface area (Å²) in [7, 11) is 0. The third-order valence-corrected chi connectivity index (χ3v) is 4.04. The molecular weight excluding hydrogens is 318 g/mol. The molecule has 0 saturated carbocycles. The van der Waals surface area contributed by atoms with E-state index < -0.39 is 0 Å². The highest BCUT2D eigenvalue weighted by molar-refractivity contribution is 5.84. The summed E-state index contributed by atoms with van der Waals surface area (Å²) < 4.78 is 11.5. The van der Waals surface area contributed by atoms with E-state index in [2.05, 4.69) is 4.98 Å². The average molecular weight is 333 g/mol. The van der Waals surface area contributed by atoms with E-state index >= 15 is 0 Å². The number of benzene rings is 3. The number of aromatic nitrogens is 1. The molecule has 1 N–H and O–H groups in total. The standard InChI is InChI=1S/C20H15NO4/c1-12-19-18(25-17-9-14(22)7-8-15(17)21-19)10-16(23)20(12)24-11-13-5-3-2-4-6-13/h2-10,23H,11H2,1H3. The Morgan fingerprint density at radius 3 is 2.72 bits per heavy atom. The van der Waals surface area contributed by atoms with Gasteiger partial charge in [-0.3, -0.25) is 4.79 Å². The Hall–Kier alpha value is -3.34. The summed E-state index contributed by atoms with van der Waals surface area (Å²) in [5, 5.41) is 10.3. The minimum absolute atomic E-state index is 0.0240. The van der Waals surface area contributed by atoms with Crippen LogP contribution in [0.5, 0.6) is 11.5 Å². The fraction of sp³-hybridized carbons (Fsp3) is 0.100. The quantitative estimate of drug-likeness (QED) is 0.576. The zero-order chi connectivity index (χ0) is 17.4. The maximum atomic E-state index is 11.5. The molecule has 1 aliphatic heterocycles. The van der Waals surface area contributed by atoms with Crippen molar-refractivity contribution in [1.29, 1.82) is 0 Å². The number of phenolic OH excluding ortho intramolecular Hbond substituents is 1. The average Bonchev–Trinajstić information content (AvgIpc) is 2.61. The van der Waals surface area contributed by atoms with Crippen LogP contribution in [0, 0.1) is 6.92 Å². The van der Waals surface area contributed by atoms with Crippen LogP contribution in [0.15, 0.2) is 63.8 Å². The van der Waals surface area contributed by atoms with Crippen molar-refractivity contribution in [3.63, 3.8) is 0 Å². The van der Waals surface area contributed by atoms with Crippen molar-refractivity contribution in [2.45, 2.75) is 13.5 Å². The molecule has 1 heterocycles. The Labute approximate surface area is 143 Å². The van der Waals surface area contributed by atoms with E-state index in [-0.39, 0.29) is 11.2 Å². The van der Waals surface area contributed by atoms with Gasteiger partial charge in [0.2, 0.25) is 0 Å². The number of nitrogens with zero attached hydrogens (tertiary/aromatic N) is 1.